The molecule has 4 atom stereocenters. The van der Waals surface area contributed by atoms with E-state index >= 15 is 0 Å². The zero-order valence-corrected chi connectivity index (χ0v) is 17.4. The van der Waals surface area contributed by atoms with Crippen molar-refractivity contribution in [2.24, 2.45) is 23.7 Å². The number of nitrogens with zero attached hydrogens (tertiary/aromatic N) is 2. The first-order valence-corrected chi connectivity index (χ1v) is 10.6. The van der Waals surface area contributed by atoms with Crippen molar-refractivity contribution in [2.75, 3.05) is 0 Å². The molecule has 3 amide bonds. The van der Waals surface area contributed by atoms with Crippen LogP contribution in [0.3, 0.4) is 0 Å². The molecule has 0 unspecified atom stereocenters. The lowest BCUT2D eigenvalue weighted by molar-refractivity contribution is -0.156. The third kappa shape index (κ3) is 2.88. The van der Waals surface area contributed by atoms with Crippen LogP contribution in [0.5, 0.6) is 0 Å². The van der Waals surface area contributed by atoms with Gasteiger partial charge in [-0.25, -0.2) is 5.01 Å². The van der Waals surface area contributed by atoms with Crippen LogP contribution in [-0.4, -0.2) is 27.7 Å². The number of fused-ring (bicyclic) bond motifs is 5. The first-order chi connectivity index (χ1) is 14.5. The van der Waals surface area contributed by atoms with Gasteiger partial charge >= 0.3 is 0 Å². The summed E-state index contributed by atoms with van der Waals surface area (Å²) >= 11 is 12.6. The first kappa shape index (κ1) is 19.3. The van der Waals surface area contributed by atoms with E-state index in [-0.39, 0.29) is 40.8 Å². The molecule has 0 aromatic heterocycles. The maximum atomic E-state index is 13.5. The third-order valence-electron chi connectivity index (χ3n) is 6.31. The van der Waals surface area contributed by atoms with Crippen molar-refractivity contribution in [1.29, 1.82) is 0 Å². The number of allylic oxidation sites excluding steroid dienone is 2. The summed E-state index contributed by atoms with van der Waals surface area (Å²) < 4.78 is 0. The average Bonchev–Trinajstić information content (AvgIpc) is 3.42. The molecule has 2 fully saturated rings. The smallest absolute Gasteiger partial charge is 0.272 e. The molecule has 0 radical (unpaired) electrons. The molecule has 30 heavy (non-hydrogen) atoms. The Bertz CT molecular complexity index is 1070. The molecule has 1 heterocycles. The Morgan fingerprint density at radius 2 is 1.47 bits per heavy atom. The van der Waals surface area contributed by atoms with Crippen LogP contribution in [-0.2, 0) is 16.1 Å². The molecular formula is C23H18Cl2N2O3. The Hall–Kier alpha value is -2.63. The Balaban J connectivity index is 1.56. The molecule has 2 aromatic carbocycles. The van der Waals surface area contributed by atoms with Gasteiger partial charge in [-0.15, -0.1) is 0 Å². The Morgan fingerprint density at radius 1 is 0.900 bits per heavy atom. The van der Waals surface area contributed by atoms with Gasteiger partial charge in [-0.2, -0.15) is 5.01 Å². The molecule has 152 valence electrons. The Kier molecular flexibility index (Phi) is 4.68. The van der Waals surface area contributed by atoms with Crippen molar-refractivity contribution in [3.05, 3.63) is 81.9 Å². The number of hydrogen-bond donors (Lipinski definition) is 0. The predicted molar refractivity (Wildman–Crippen MR) is 112 cm³/mol. The largest absolute Gasteiger partial charge is 0.274 e. The van der Waals surface area contributed by atoms with Gasteiger partial charge in [0.25, 0.3) is 17.7 Å². The zero-order valence-electron chi connectivity index (χ0n) is 15.9. The van der Waals surface area contributed by atoms with Crippen LogP contribution in [0.1, 0.15) is 22.3 Å². The third-order valence-corrected chi connectivity index (χ3v) is 7.00. The second-order valence-corrected chi connectivity index (χ2v) is 8.74. The number of imide groups is 1. The van der Waals surface area contributed by atoms with Crippen molar-refractivity contribution in [1.82, 2.24) is 10.0 Å². The van der Waals surface area contributed by atoms with E-state index in [1.54, 1.807) is 48.5 Å². The van der Waals surface area contributed by atoms with E-state index in [0.717, 1.165) is 11.4 Å². The molecule has 5 nitrogen and oxygen atoms in total. The molecule has 5 rings (SSSR count). The van der Waals surface area contributed by atoms with Crippen molar-refractivity contribution in [2.45, 2.75) is 13.0 Å². The molecule has 3 aliphatic rings. The van der Waals surface area contributed by atoms with Gasteiger partial charge in [0.2, 0.25) is 0 Å². The van der Waals surface area contributed by atoms with E-state index in [0.29, 0.717) is 10.6 Å². The van der Waals surface area contributed by atoms with Crippen molar-refractivity contribution in [3.8, 4) is 0 Å². The van der Waals surface area contributed by atoms with Gasteiger partial charge in [0, 0.05) is 5.02 Å². The van der Waals surface area contributed by atoms with Gasteiger partial charge in [-0.3, -0.25) is 14.4 Å². The molecule has 1 saturated heterocycles. The number of carbonyl (C=O) groups is 3. The van der Waals surface area contributed by atoms with E-state index in [1.807, 2.05) is 12.2 Å². The minimum Gasteiger partial charge on any atom is -0.272 e. The molecule has 0 spiro atoms. The highest BCUT2D eigenvalue weighted by atomic mass is 35.5. The summed E-state index contributed by atoms with van der Waals surface area (Å²) in [6.45, 7) is -0.0105. The SMILES string of the molecule is O=C(c1ccccc1Cl)N(Cc1ccccc1Cl)N1C(=O)[C@@H]2[C@@H](C1=O)[C@H]1C=C[C@H]2C1. The standard InChI is InChI=1S/C23H18Cl2N2O3/c24-17-7-3-1-5-15(17)12-26(21(28)16-6-2-4-8-18(16)25)27-22(29)19-13-9-10-14(11-13)20(19)23(27)30/h1-10,13-14,19-20H,11-12H2/t13-,14-,19-,20-/m0/s1. The number of hydrazine groups is 1. The van der Waals surface area contributed by atoms with Crippen LogP contribution < -0.4 is 0 Å². The fraction of sp³-hybridized carbons (Fsp3) is 0.261. The van der Waals surface area contributed by atoms with Gasteiger partial charge in [0.15, 0.2) is 0 Å². The molecular weight excluding hydrogens is 423 g/mol. The number of carbonyl (C=O) groups excluding carboxylic acids is 3. The average molecular weight is 441 g/mol. The summed E-state index contributed by atoms with van der Waals surface area (Å²) in [7, 11) is 0. The van der Waals surface area contributed by atoms with Crippen molar-refractivity contribution in [3.63, 3.8) is 0 Å². The first-order valence-electron chi connectivity index (χ1n) is 9.83. The number of halogens is 2. The second-order valence-electron chi connectivity index (χ2n) is 7.92. The zero-order chi connectivity index (χ0) is 21.0. The van der Waals surface area contributed by atoms with Gasteiger partial charge in [0.1, 0.15) is 0 Å². The highest BCUT2D eigenvalue weighted by molar-refractivity contribution is 6.34. The molecule has 0 N–H and O–H groups in total. The maximum Gasteiger partial charge on any atom is 0.274 e. The van der Waals surface area contributed by atoms with E-state index < -0.39 is 17.7 Å². The van der Waals surface area contributed by atoms with E-state index in [4.69, 9.17) is 23.2 Å². The number of rotatable bonds is 4. The van der Waals surface area contributed by atoms with Gasteiger partial charge in [-0.05, 0) is 42.0 Å². The summed E-state index contributed by atoms with van der Waals surface area (Å²) in [5.74, 6) is -1.86. The van der Waals surface area contributed by atoms with Crippen molar-refractivity contribution < 1.29 is 14.4 Å². The number of amides is 3. The molecule has 2 bridgehead atoms. The molecule has 2 aromatic rings. The minimum absolute atomic E-state index is 0.0105. The fourth-order valence-electron chi connectivity index (χ4n) is 4.92. The fourth-order valence-corrected chi connectivity index (χ4v) is 5.33. The van der Waals surface area contributed by atoms with Crippen molar-refractivity contribution >= 4 is 40.9 Å². The van der Waals surface area contributed by atoms with Crippen LogP contribution in [0.4, 0.5) is 0 Å². The van der Waals surface area contributed by atoms with Crippen LogP contribution in [0.2, 0.25) is 10.0 Å². The van der Waals surface area contributed by atoms with E-state index in [2.05, 4.69) is 0 Å². The van der Waals surface area contributed by atoms with E-state index in [9.17, 15) is 14.4 Å². The van der Waals surface area contributed by atoms with Gasteiger partial charge < -0.3 is 0 Å². The Morgan fingerprint density at radius 3 is 2.07 bits per heavy atom. The summed E-state index contributed by atoms with van der Waals surface area (Å²) in [4.78, 5) is 40.2. The molecule has 1 aliphatic heterocycles. The van der Waals surface area contributed by atoms with Gasteiger partial charge in [0.05, 0.1) is 29.0 Å². The minimum atomic E-state index is -0.512. The monoisotopic (exact) mass is 440 g/mol. The van der Waals surface area contributed by atoms with Crippen LogP contribution >= 0.6 is 23.2 Å². The quantitative estimate of drug-likeness (QED) is 0.524. The molecule has 7 heteroatoms. The lowest BCUT2D eigenvalue weighted by Crippen LogP contribution is -2.50. The van der Waals surface area contributed by atoms with Gasteiger partial charge in [-0.1, -0.05) is 65.7 Å². The highest BCUT2D eigenvalue weighted by Crippen LogP contribution is 2.53. The summed E-state index contributed by atoms with van der Waals surface area (Å²) in [5.41, 5.74) is 0.864. The maximum absolute atomic E-state index is 13.5. The molecule has 2 aliphatic carbocycles. The normalized spacial score (nSPS) is 26.4. The summed E-state index contributed by atoms with van der Waals surface area (Å²) in [6, 6.07) is 13.7. The lowest BCUT2D eigenvalue weighted by atomic mass is 9.85. The highest BCUT2D eigenvalue weighted by Gasteiger charge is 2.61. The molecule has 1 saturated carbocycles. The lowest BCUT2D eigenvalue weighted by Gasteiger charge is -2.32. The second kappa shape index (κ2) is 7.25. The summed E-state index contributed by atoms with van der Waals surface area (Å²) in [5, 5.41) is 2.95. The topological polar surface area (TPSA) is 57.7 Å². The van der Waals surface area contributed by atoms with E-state index in [1.165, 1.54) is 5.01 Å². The summed E-state index contributed by atoms with van der Waals surface area (Å²) in [6.07, 6.45) is 4.87. The van der Waals surface area contributed by atoms with Crippen LogP contribution in [0.15, 0.2) is 60.7 Å². The number of benzene rings is 2. The number of hydrogen-bond acceptors (Lipinski definition) is 3. The van der Waals surface area contributed by atoms with Crippen LogP contribution in [0, 0.1) is 23.7 Å². The Labute approximate surface area is 183 Å². The predicted octanol–water partition coefficient (Wildman–Crippen LogP) is 4.36. The van der Waals surface area contributed by atoms with Crippen LogP contribution in [0.25, 0.3) is 0 Å².